The molecule has 5 nitrogen and oxygen atoms in total. The van der Waals surface area contributed by atoms with E-state index >= 15 is 0 Å². The topological polar surface area (TPSA) is 62.4 Å². The highest BCUT2D eigenvalue weighted by Crippen LogP contribution is 2.21. The van der Waals surface area contributed by atoms with E-state index in [2.05, 4.69) is 27.2 Å². The van der Waals surface area contributed by atoms with Crippen LogP contribution in [0.4, 0.5) is 0 Å². The SMILES string of the molecule is CC(O)C1CCCCN1Cc1nc(CCc2ccccc2)no1. The highest BCUT2D eigenvalue weighted by atomic mass is 16.5. The Morgan fingerprint density at radius 3 is 2.87 bits per heavy atom. The van der Waals surface area contributed by atoms with Gasteiger partial charge in [-0.15, -0.1) is 0 Å². The van der Waals surface area contributed by atoms with Crippen LogP contribution in [-0.4, -0.2) is 38.8 Å². The lowest BCUT2D eigenvalue weighted by Crippen LogP contribution is -2.45. The molecule has 1 aromatic heterocycles. The van der Waals surface area contributed by atoms with Crippen LogP contribution in [0.1, 0.15) is 43.5 Å². The van der Waals surface area contributed by atoms with Crippen molar-refractivity contribution >= 4 is 0 Å². The van der Waals surface area contributed by atoms with Crippen molar-refractivity contribution < 1.29 is 9.63 Å². The van der Waals surface area contributed by atoms with Gasteiger partial charge in [0.05, 0.1) is 12.6 Å². The van der Waals surface area contributed by atoms with Crippen molar-refractivity contribution in [3.8, 4) is 0 Å². The molecule has 0 amide bonds. The number of aliphatic hydroxyl groups excluding tert-OH is 1. The van der Waals surface area contributed by atoms with Crippen LogP contribution in [0.15, 0.2) is 34.9 Å². The minimum Gasteiger partial charge on any atom is -0.392 e. The molecule has 0 bridgehead atoms. The van der Waals surface area contributed by atoms with Gasteiger partial charge in [0.2, 0.25) is 5.89 Å². The van der Waals surface area contributed by atoms with Crippen LogP contribution < -0.4 is 0 Å². The summed E-state index contributed by atoms with van der Waals surface area (Å²) < 4.78 is 5.40. The van der Waals surface area contributed by atoms with Gasteiger partial charge in [-0.05, 0) is 38.3 Å². The molecule has 124 valence electrons. The number of rotatable bonds is 6. The lowest BCUT2D eigenvalue weighted by molar-refractivity contribution is 0.0260. The van der Waals surface area contributed by atoms with E-state index in [0.717, 1.165) is 38.1 Å². The van der Waals surface area contributed by atoms with E-state index in [1.165, 1.54) is 12.0 Å². The smallest absolute Gasteiger partial charge is 0.240 e. The maximum absolute atomic E-state index is 9.93. The van der Waals surface area contributed by atoms with Crippen molar-refractivity contribution in [2.24, 2.45) is 0 Å². The van der Waals surface area contributed by atoms with Gasteiger partial charge in [0.25, 0.3) is 0 Å². The molecule has 1 saturated heterocycles. The standard InChI is InChI=1S/C18H25N3O2/c1-14(22)16-9-5-6-12-21(16)13-18-19-17(20-23-18)11-10-15-7-3-2-4-8-15/h2-4,7-8,14,16,22H,5-6,9-13H2,1H3. The molecule has 3 rings (SSSR count). The summed E-state index contributed by atoms with van der Waals surface area (Å²) in [5, 5.41) is 14.0. The third-order valence-electron chi connectivity index (χ3n) is 4.55. The van der Waals surface area contributed by atoms with Crippen molar-refractivity contribution in [2.75, 3.05) is 6.54 Å². The second-order valence-corrected chi connectivity index (χ2v) is 6.36. The molecule has 1 N–H and O–H groups in total. The van der Waals surface area contributed by atoms with Crippen LogP contribution in [0.2, 0.25) is 0 Å². The first kappa shape index (κ1) is 16.1. The molecule has 0 aliphatic carbocycles. The Hall–Kier alpha value is -1.72. The van der Waals surface area contributed by atoms with Crippen molar-refractivity contribution in [1.82, 2.24) is 15.0 Å². The van der Waals surface area contributed by atoms with Gasteiger partial charge in [0.1, 0.15) is 0 Å². The molecule has 0 spiro atoms. The van der Waals surface area contributed by atoms with Gasteiger partial charge in [-0.25, -0.2) is 0 Å². The zero-order valence-corrected chi connectivity index (χ0v) is 13.7. The zero-order chi connectivity index (χ0) is 16.1. The second-order valence-electron chi connectivity index (χ2n) is 6.36. The third-order valence-corrected chi connectivity index (χ3v) is 4.55. The predicted molar refractivity (Wildman–Crippen MR) is 87.9 cm³/mol. The van der Waals surface area contributed by atoms with E-state index < -0.39 is 0 Å². The van der Waals surface area contributed by atoms with Gasteiger partial charge < -0.3 is 9.63 Å². The van der Waals surface area contributed by atoms with E-state index in [1.807, 2.05) is 25.1 Å². The Kier molecular flexibility index (Phi) is 5.41. The number of aryl methyl sites for hydroxylation is 2. The normalized spacial score (nSPS) is 20.5. The molecule has 0 radical (unpaired) electrons. The fourth-order valence-electron chi connectivity index (χ4n) is 3.29. The average Bonchev–Trinajstić information content (AvgIpc) is 3.02. The van der Waals surface area contributed by atoms with Crippen LogP contribution in [0.25, 0.3) is 0 Å². The summed E-state index contributed by atoms with van der Waals surface area (Å²) in [6.45, 7) is 3.48. The molecule has 2 aromatic rings. The van der Waals surface area contributed by atoms with Crippen LogP contribution in [-0.2, 0) is 19.4 Å². The summed E-state index contributed by atoms with van der Waals surface area (Å²) in [5.41, 5.74) is 1.28. The maximum atomic E-state index is 9.93. The molecule has 2 unspecified atom stereocenters. The predicted octanol–water partition coefficient (Wildman–Crippen LogP) is 2.59. The van der Waals surface area contributed by atoms with Gasteiger partial charge in [-0.3, -0.25) is 4.90 Å². The first-order valence-corrected chi connectivity index (χ1v) is 8.50. The van der Waals surface area contributed by atoms with Gasteiger partial charge in [-0.1, -0.05) is 41.9 Å². The van der Waals surface area contributed by atoms with E-state index in [0.29, 0.717) is 12.4 Å². The third kappa shape index (κ3) is 4.39. The largest absolute Gasteiger partial charge is 0.392 e. The number of likely N-dealkylation sites (tertiary alicyclic amines) is 1. The fraction of sp³-hybridized carbons (Fsp3) is 0.556. The maximum Gasteiger partial charge on any atom is 0.240 e. The van der Waals surface area contributed by atoms with Crippen LogP contribution in [0.5, 0.6) is 0 Å². The lowest BCUT2D eigenvalue weighted by atomic mass is 9.98. The zero-order valence-electron chi connectivity index (χ0n) is 13.7. The molecule has 1 aromatic carbocycles. The minimum absolute atomic E-state index is 0.198. The Labute approximate surface area is 137 Å². The summed E-state index contributed by atoms with van der Waals surface area (Å²) in [6.07, 6.45) is 4.76. The molecular weight excluding hydrogens is 290 g/mol. The second kappa shape index (κ2) is 7.70. The highest BCUT2D eigenvalue weighted by molar-refractivity contribution is 5.15. The summed E-state index contributed by atoms with van der Waals surface area (Å²) in [7, 11) is 0. The van der Waals surface area contributed by atoms with Crippen molar-refractivity contribution in [1.29, 1.82) is 0 Å². The molecule has 23 heavy (non-hydrogen) atoms. The molecule has 0 saturated carbocycles. The Morgan fingerprint density at radius 1 is 1.26 bits per heavy atom. The number of nitrogens with zero attached hydrogens (tertiary/aromatic N) is 3. The van der Waals surface area contributed by atoms with Crippen LogP contribution >= 0.6 is 0 Å². The quantitative estimate of drug-likeness (QED) is 0.888. The van der Waals surface area contributed by atoms with Gasteiger partial charge >= 0.3 is 0 Å². The first-order valence-electron chi connectivity index (χ1n) is 8.50. The molecule has 2 atom stereocenters. The van der Waals surface area contributed by atoms with E-state index in [1.54, 1.807) is 0 Å². The highest BCUT2D eigenvalue weighted by Gasteiger charge is 2.27. The van der Waals surface area contributed by atoms with Crippen molar-refractivity contribution in [3.05, 3.63) is 47.6 Å². The molecule has 1 fully saturated rings. The molecular formula is C18H25N3O2. The molecule has 1 aliphatic rings. The molecule has 5 heteroatoms. The number of hydrogen-bond acceptors (Lipinski definition) is 5. The molecule has 1 aliphatic heterocycles. The number of hydrogen-bond donors (Lipinski definition) is 1. The average molecular weight is 315 g/mol. The fourth-order valence-corrected chi connectivity index (χ4v) is 3.29. The number of aliphatic hydroxyl groups is 1. The summed E-state index contributed by atoms with van der Waals surface area (Å²) in [5.74, 6) is 1.41. The molecule has 2 heterocycles. The van der Waals surface area contributed by atoms with Gasteiger partial charge in [0, 0.05) is 12.5 Å². The summed E-state index contributed by atoms with van der Waals surface area (Å²) in [6, 6.07) is 10.5. The van der Waals surface area contributed by atoms with Gasteiger partial charge in [-0.2, -0.15) is 4.98 Å². The van der Waals surface area contributed by atoms with Crippen molar-refractivity contribution in [3.63, 3.8) is 0 Å². The number of benzene rings is 1. The van der Waals surface area contributed by atoms with Crippen molar-refractivity contribution in [2.45, 2.75) is 57.7 Å². The Bertz CT molecular complexity index is 597. The summed E-state index contributed by atoms with van der Waals surface area (Å²) >= 11 is 0. The van der Waals surface area contributed by atoms with Crippen LogP contribution in [0.3, 0.4) is 0 Å². The number of piperidine rings is 1. The van der Waals surface area contributed by atoms with Gasteiger partial charge in [0.15, 0.2) is 5.82 Å². The van der Waals surface area contributed by atoms with E-state index in [-0.39, 0.29) is 12.1 Å². The Balaban J connectivity index is 1.56. The van der Waals surface area contributed by atoms with Crippen LogP contribution in [0, 0.1) is 0 Å². The summed E-state index contributed by atoms with van der Waals surface area (Å²) in [4.78, 5) is 6.78. The monoisotopic (exact) mass is 315 g/mol. The minimum atomic E-state index is -0.323. The first-order chi connectivity index (χ1) is 11.2. The number of aromatic nitrogens is 2. The Morgan fingerprint density at radius 2 is 2.09 bits per heavy atom. The van der Waals surface area contributed by atoms with E-state index in [4.69, 9.17) is 4.52 Å². The van der Waals surface area contributed by atoms with E-state index in [9.17, 15) is 5.11 Å². The lowest BCUT2D eigenvalue weighted by Gasteiger charge is -2.36.